The van der Waals surface area contributed by atoms with Crippen molar-refractivity contribution in [3.05, 3.63) is 0 Å². The van der Waals surface area contributed by atoms with Crippen LogP contribution in [-0.2, 0) is 9.53 Å². The van der Waals surface area contributed by atoms with Gasteiger partial charge < -0.3 is 46.0 Å². The number of hydrogen-bond donors (Lipinski definition) is 8. The number of carbonyl (C=O) groups is 1. The smallest absolute Gasteiger partial charge is 0.323 e. The summed E-state index contributed by atoms with van der Waals surface area (Å²) in [6, 6.07) is 0. The van der Waals surface area contributed by atoms with Gasteiger partial charge in [-0.3, -0.25) is 10.2 Å². The Kier molecular flexibility index (Phi) is 7.49. The fourth-order valence-corrected chi connectivity index (χ4v) is 1.32. The maximum atomic E-state index is 9.92. The van der Waals surface area contributed by atoms with Gasteiger partial charge in [-0.05, 0) is 0 Å². The van der Waals surface area contributed by atoms with Gasteiger partial charge in [-0.2, -0.15) is 0 Å². The predicted molar refractivity (Wildman–Crippen MR) is 68.2 cm³/mol. The summed E-state index contributed by atoms with van der Waals surface area (Å²) in [7, 11) is 1.44. The van der Waals surface area contributed by atoms with Gasteiger partial charge in [0.25, 0.3) is 0 Å². The van der Waals surface area contributed by atoms with Crippen molar-refractivity contribution in [2.24, 2.45) is 5.73 Å². The molecule has 21 heavy (non-hydrogen) atoms. The van der Waals surface area contributed by atoms with Crippen molar-refractivity contribution in [3.63, 3.8) is 0 Å². The Hall–Kier alpha value is -1.50. The molecule has 1 saturated heterocycles. The third-order valence-electron chi connectivity index (χ3n) is 2.69. The first-order chi connectivity index (χ1) is 9.55. The number of aliphatic hydroxyl groups excluding tert-OH is 4. The van der Waals surface area contributed by atoms with Crippen molar-refractivity contribution < 1.29 is 40.2 Å². The van der Waals surface area contributed by atoms with Gasteiger partial charge in [-0.25, -0.2) is 0 Å². The van der Waals surface area contributed by atoms with E-state index in [2.05, 4.69) is 4.74 Å². The third kappa shape index (κ3) is 5.79. The van der Waals surface area contributed by atoms with E-state index in [1.54, 1.807) is 0 Å². The van der Waals surface area contributed by atoms with Crippen LogP contribution in [0.25, 0.3) is 0 Å². The molecule has 1 aliphatic heterocycles. The molecule has 9 N–H and O–H groups in total. The van der Waals surface area contributed by atoms with Crippen LogP contribution in [0.15, 0.2) is 0 Å². The Balaban J connectivity index is 0.000000400. The van der Waals surface area contributed by atoms with Crippen LogP contribution in [0.5, 0.6) is 0 Å². The Morgan fingerprint density at radius 2 is 2.00 bits per heavy atom. The van der Waals surface area contributed by atoms with Crippen molar-refractivity contribution in [2.45, 2.75) is 24.1 Å². The van der Waals surface area contributed by atoms with E-state index in [0.29, 0.717) is 0 Å². The summed E-state index contributed by atoms with van der Waals surface area (Å²) < 4.78 is 4.56. The minimum atomic E-state index is -2.17. The second-order valence-electron chi connectivity index (χ2n) is 4.45. The standard InChI is InChI=1S/C6H12O6.C4H9N3O2/c7-2-6(11)5(10)4(9)3(8)1-12-6;1-7(4(5)6)2-3(8)9/h3-5,7-11H,1-2H2;2H2,1H3,(H3,5,6)(H,8,9)/t3-,4-,5+,6-;/m1./s1. The van der Waals surface area contributed by atoms with Crippen molar-refractivity contribution >= 4 is 11.9 Å². The predicted octanol–water partition coefficient (Wildman–Crippen LogP) is -4.32. The second-order valence-corrected chi connectivity index (χ2v) is 4.45. The summed E-state index contributed by atoms with van der Waals surface area (Å²) in [5, 5.41) is 59.8. The van der Waals surface area contributed by atoms with Crippen LogP contribution < -0.4 is 5.73 Å². The van der Waals surface area contributed by atoms with Gasteiger partial charge in [0, 0.05) is 7.05 Å². The first-order valence-corrected chi connectivity index (χ1v) is 5.83. The lowest BCUT2D eigenvalue weighted by atomic mass is 9.98. The summed E-state index contributed by atoms with van der Waals surface area (Å²) >= 11 is 0. The molecule has 0 aromatic carbocycles. The lowest BCUT2D eigenvalue weighted by Gasteiger charge is -2.40. The summed E-state index contributed by atoms with van der Waals surface area (Å²) in [6.45, 7) is -1.39. The first-order valence-electron chi connectivity index (χ1n) is 5.83. The van der Waals surface area contributed by atoms with Gasteiger partial charge in [0.05, 0.1) is 13.2 Å². The molecule has 124 valence electrons. The average molecular weight is 311 g/mol. The van der Waals surface area contributed by atoms with E-state index in [1.165, 1.54) is 7.05 Å². The highest BCUT2D eigenvalue weighted by molar-refractivity contribution is 5.79. The zero-order valence-corrected chi connectivity index (χ0v) is 11.4. The maximum absolute atomic E-state index is 9.92. The van der Waals surface area contributed by atoms with E-state index in [0.717, 1.165) is 4.90 Å². The highest BCUT2D eigenvalue weighted by atomic mass is 16.7. The number of rotatable bonds is 3. The number of carboxylic acids is 1. The van der Waals surface area contributed by atoms with Gasteiger partial charge in [-0.1, -0.05) is 0 Å². The fraction of sp³-hybridized carbons (Fsp3) is 0.800. The number of hydrogen-bond acceptors (Lipinski definition) is 8. The van der Waals surface area contributed by atoms with E-state index in [1.807, 2.05) is 0 Å². The molecule has 0 aromatic heterocycles. The molecule has 11 nitrogen and oxygen atoms in total. The van der Waals surface area contributed by atoms with E-state index in [4.69, 9.17) is 36.7 Å². The van der Waals surface area contributed by atoms with E-state index >= 15 is 0 Å². The summed E-state index contributed by atoms with van der Waals surface area (Å²) in [4.78, 5) is 11.0. The van der Waals surface area contributed by atoms with Crippen molar-refractivity contribution in [1.82, 2.24) is 4.90 Å². The number of aliphatic hydroxyl groups is 5. The van der Waals surface area contributed by atoms with Crippen LogP contribution in [-0.4, -0.2) is 98.4 Å². The molecular weight excluding hydrogens is 290 g/mol. The molecule has 1 rings (SSSR count). The average Bonchev–Trinajstić information content (AvgIpc) is 2.41. The minimum absolute atomic E-state index is 0.227. The molecule has 0 amide bonds. The molecule has 0 aliphatic carbocycles. The van der Waals surface area contributed by atoms with E-state index in [-0.39, 0.29) is 19.1 Å². The molecule has 1 heterocycles. The Bertz CT molecular complexity index is 368. The molecule has 0 saturated carbocycles. The largest absolute Gasteiger partial charge is 0.480 e. The SMILES string of the molecule is CN(CC(=O)O)C(=N)N.OC[C@@]1(O)OC[C@@H](O)[C@@H](O)[C@@H]1O. The lowest BCUT2D eigenvalue weighted by molar-refractivity contribution is -0.331. The number of ether oxygens (including phenoxy) is 1. The van der Waals surface area contributed by atoms with Crippen molar-refractivity contribution in [2.75, 3.05) is 26.8 Å². The van der Waals surface area contributed by atoms with Gasteiger partial charge in [0.15, 0.2) is 5.96 Å². The summed E-state index contributed by atoms with van der Waals surface area (Å²) in [6.07, 6.45) is -4.45. The Morgan fingerprint density at radius 3 is 2.33 bits per heavy atom. The molecule has 4 atom stereocenters. The Labute approximate surface area is 120 Å². The Morgan fingerprint density at radius 1 is 1.48 bits per heavy atom. The third-order valence-corrected chi connectivity index (χ3v) is 2.69. The monoisotopic (exact) mass is 311 g/mol. The van der Waals surface area contributed by atoms with Gasteiger partial charge in [-0.15, -0.1) is 0 Å². The van der Waals surface area contributed by atoms with Crippen molar-refractivity contribution in [1.29, 1.82) is 5.41 Å². The molecule has 0 unspecified atom stereocenters. The van der Waals surface area contributed by atoms with Gasteiger partial charge >= 0.3 is 5.97 Å². The number of nitrogens with two attached hydrogens (primary N) is 1. The zero-order chi connectivity index (χ0) is 16.8. The fourth-order valence-electron chi connectivity index (χ4n) is 1.32. The molecule has 1 aliphatic rings. The molecule has 0 bridgehead atoms. The molecule has 1 fully saturated rings. The van der Waals surface area contributed by atoms with Crippen LogP contribution in [0.4, 0.5) is 0 Å². The summed E-state index contributed by atoms with van der Waals surface area (Å²) in [5.74, 6) is -3.40. The summed E-state index contributed by atoms with van der Waals surface area (Å²) in [5.41, 5.74) is 4.93. The molecule has 0 aromatic rings. The first kappa shape index (κ1) is 19.5. The molecule has 11 heteroatoms. The lowest BCUT2D eigenvalue weighted by Crippen LogP contribution is -2.62. The number of nitrogens with one attached hydrogen (secondary N) is 1. The molecular formula is C10H21N3O8. The quantitative estimate of drug-likeness (QED) is 0.186. The second kappa shape index (κ2) is 8.07. The highest BCUT2D eigenvalue weighted by Crippen LogP contribution is 2.22. The topological polar surface area (TPSA) is 201 Å². The molecule has 0 spiro atoms. The van der Waals surface area contributed by atoms with Crippen LogP contribution >= 0.6 is 0 Å². The number of aliphatic carboxylic acids is 1. The molecule has 0 radical (unpaired) electrons. The van der Waals surface area contributed by atoms with Crippen LogP contribution in [0.3, 0.4) is 0 Å². The van der Waals surface area contributed by atoms with Crippen molar-refractivity contribution in [3.8, 4) is 0 Å². The minimum Gasteiger partial charge on any atom is -0.480 e. The van der Waals surface area contributed by atoms with E-state index < -0.39 is 36.7 Å². The maximum Gasteiger partial charge on any atom is 0.323 e. The van der Waals surface area contributed by atoms with Gasteiger partial charge in [0.2, 0.25) is 5.79 Å². The van der Waals surface area contributed by atoms with E-state index in [9.17, 15) is 9.90 Å². The van der Waals surface area contributed by atoms with Crippen LogP contribution in [0.2, 0.25) is 0 Å². The van der Waals surface area contributed by atoms with Gasteiger partial charge in [0.1, 0.15) is 24.9 Å². The zero-order valence-electron chi connectivity index (χ0n) is 11.4. The number of nitrogens with zero attached hydrogens (tertiary/aromatic N) is 1. The van der Waals surface area contributed by atoms with Crippen LogP contribution in [0.1, 0.15) is 0 Å². The number of guanidine groups is 1. The van der Waals surface area contributed by atoms with Crippen LogP contribution in [0, 0.1) is 5.41 Å². The number of likely N-dealkylation sites (N-methyl/N-ethyl adjacent to an activating group) is 1. The number of carboxylic acid groups (broad SMARTS) is 1. The highest BCUT2D eigenvalue weighted by Gasteiger charge is 2.47. The normalized spacial score (nSPS) is 31.8.